The van der Waals surface area contributed by atoms with Crippen molar-refractivity contribution < 1.29 is 24.2 Å². The zero-order chi connectivity index (χ0) is 15.1. The first-order valence-corrected chi connectivity index (χ1v) is 6.27. The zero-order valence-corrected chi connectivity index (χ0v) is 11.9. The van der Waals surface area contributed by atoms with Crippen LogP contribution in [0.5, 0.6) is 11.5 Å². The number of para-hydroxylation sites is 1. The first-order chi connectivity index (χ1) is 9.54. The first-order valence-electron chi connectivity index (χ1n) is 6.27. The third kappa shape index (κ3) is 3.63. The first kappa shape index (κ1) is 15.8. The van der Waals surface area contributed by atoms with E-state index in [1.165, 1.54) is 25.2 Å². The zero-order valence-electron chi connectivity index (χ0n) is 11.9. The Morgan fingerprint density at radius 3 is 2.55 bits per heavy atom. The molecule has 0 unspecified atom stereocenters. The molecule has 6 nitrogen and oxygen atoms in total. The third-order valence-electron chi connectivity index (χ3n) is 2.93. The number of hydrogen-bond donors (Lipinski definition) is 1. The van der Waals surface area contributed by atoms with Crippen LogP contribution in [0.3, 0.4) is 0 Å². The van der Waals surface area contributed by atoms with Crippen molar-refractivity contribution in [3.63, 3.8) is 0 Å². The number of carbonyl (C=O) groups is 2. The van der Waals surface area contributed by atoms with Gasteiger partial charge in [0.1, 0.15) is 0 Å². The number of carbonyl (C=O) groups excluding carboxylic acids is 2. The van der Waals surface area contributed by atoms with Gasteiger partial charge in [-0.25, -0.2) is 0 Å². The molecule has 0 saturated carbocycles. The number of phenolic OH excluding ortho intramolecular Hbond substituents is 1. The van der Waals surface area contributed by atoms with Crippen molar-refractivity contribution in [3.05, 3.63) is 23.8 Å². The van der Waals surface area contributed by atoms with Gasteiger partial charge in [-0.2, -0.15) is 0 Å². The molecule has 0 aromatic heterocycles. The van der Waals surface area contributed by atoms with Gasteiger partial charge in [0.15, 0.2) is 11.5 Å². The summed E-state index contributed by atoms with van der Waals surface area (Å²) in [7, 11) is 2.71. The third-order valence-corrected chi connectivity index (χ3v) is 2.93. The molecule has 0 aliphatic rings. The molecule has 110 valence electrons. The number of phenols is 1. The number of methoxy groups -OCH3 is 2. The molecule has 0 spiro atoms. The van der Waals surface area contributed by atoms with Crippen LogP contribution in [0.2, 0.25) is 0 Å². The van der Waals surface area contributed by atoms with Gasteiger partial charge in [0.25, 0.3) is 5.91 Å². The predicted molar refractivity (Wildman–Crippen MR) is 72.9 cm³/mol. The smallest absolute Gasteiger partial charge is 0.307 e. The minimum Gasteiger partial charge on any atom is -0.504 e. The van der Waals surface area contributed by atoms with E-state index in [1.807, 2.05) is 0 Å². The second kappa shape index (κ2) is 7.37. The molecule has 1 aromatic rings. The fraction of sp³-hybridized carbons (Fsp3) is 0.429. The van der Waals surface area contributed by atoms with Gasteiger partial charge < -0.3 is 19.5 Å². The quantitative estimate of drug-likeness (QED) is 0.798. The number of benzene rings is 1. The van der Waals surface area contributed by atoms with Crippen LogP contribution < -0.4 is 4.74 Å². The summed E-state index contributed by atoms with van der Waals surface area (Å²) in [6.07, 6.45) is 0.112. The molecule has 6 heteroatoms. The van der Waals surface area contributed by atoms with Crippen molar-refractivity contribution in [1.29, 1.82) is 0 Å². The highest BCUT2D eigenvalue weighted by atomic mass is 16.5. The molecule has 20 heavy (non-hydrogen) atoms. The van der Waals surface area contributed by atoms with Crippen LogP contribution in [0.25, 0.3) is 0 Å². The fourth-order valence-corrected chi connectivity index (χ4v) is 1.76. The Bertz CT molecular complexity index is 486. The van der Waals surface area contributed by atoms with E-state index in [2.05, 4.69) is 4.74 Å². The Balaban J connectivity index is 2.88. The molecule has 0 radical (unpaired) electrons. The standard InChI is InChI=1S/C14H19NO5/c1-4-15(9-8-12(16)20-3)14(18)10-6-5-7-11(19-2)13(10)17/h5-7,17H,4,8-9H2,1-3H3. The van der Waals surface area contributed by atoms with Crippen molar-refractivity contribution in [2.75, 3.05) is 27.3 Å². The van der Waals surface area contributed by atoms with Gasteiger partial charge in [-0.3, -0.25) is 9.59 Å². The van der Waals surface area contributed by atoms with E-state index in [1.54, 1.807) is 19.1 Å². The molecular formula is C14H19NO5. The van der Waals surface area contributed by atoms with Gasteiger partial charge in [0.2, 0.25) is 0 Å². The van der Waals surface area contributed by atoms with Crippen LogP contribution >= 0.6 is 0 Å². The lowest BCUT2D eigenvalue weighted by molar-refractivity contribution is -0.140. The van der Waals surface area contributed by atoms with Crippen molar-refractivity contribution >= 4 is 11.9 Å². The Morgan fingerprint density at radius 2 is 2.00 bits per heavy atom. The maximum absolute atomic E-state index is 12.3. The summed E-state index contributed by atoms with van der Waals surface area (Å²) in [5, 5.41) is 9.96. The maximum Gasteiger partial charge on any atom is 0.307 e. The van der Waals surface area contributed by atoms with Gasteiger partial charge in [-0.05, 0) is 19.1 Å². The highest BCUT2D eigenvalue weighted by Crippen LogP contribution is 2.30. The number of aromatic hydroxyl groups is 1. The normalized spacial score (nSPS) is 9.95. The van der Waals surface area contributed by atoms with E-state index in [9.17, 15) is 14.7 Å². The Labute approximate surface area is 117 Å². The Kier molecular flexibility index (Phi) is 5.83. The number of ether oxygens (including phenoxy) is 2. The Morgan fingerprint density at radius 1 is 1.30 bits per heavy atom. The summed E-state index contributed by atoms with van der Waals surface area (Å²) in [6.45, 7) is 2.46. The summed E-state index contributed by atoms with van der Waals surface area (Å²) >= 11 is 0. The summed E-state index contributed by atoms with van der Waals surface area (Å²) in [5.41, 5.74) is 0.149. The minimum atomic E-state index is -0.383. The number of rotatable bonds is 6. The summed E-state index contributed by atoms with van der Waals surface area (Å²) in [5.74, 6) is -0.699. The lowest BCUT2D eigenvalue weighted by Crippen LogP contribution is -2.33. The molecule has 0 atom stereocenters. The number of nitrogens with zero attached hydrogens (tertiary/aromatic N) is 1. The van der Waals surface area contributed by atoms with E-state index in [0.717, 1.165) is 0 Å². The average molecular weight is 281 g/mol. The molecule has 0 aliphatic heterocycles. The molecule has 1 rings (SSSR count). The molecular weight excluding hydrogens is 262 g/mol. The van der Waals surface area contributed by atoms with Gasteiger partial charge in [0, 0.05) is 13.1 Å². The largest absolute Gasteiger partial charge is 0.504 e. The van der Waals surface area contributed by atoms with Crippen LogP contribution in [0.4, 0.5) is 0 Å². The van der Waals surface area contributed by atoms with E-state index >= 15 is 0 Å². The number of amides is 1. The van der Waals surface area contributed by atoms with Gasteiger partial charge in [-0.15, -0.1) is 0 Å². The highest BCUT2D eigenvalue weighted by molar-refractivity contribution is 5.97. The lowest BCUT2D eigenvalue weighted by Gasteiger charge is -2.21. The van der Waals surface area contributed by atoms with Crippen molar-refractivity contribution in [2.24, 2.45) is 0 Å². The van der Waals surface area contributed by atoms with Crippen LogP contribution in [0.1, 0.15) is 23.7 Å². The van der Waals surface area contributed by atoms with Crippen molar-refractivity contribution in [2.45, 2.75) is 13.3 Å². The van der Waals surface area contributed by atoms with Crippen LogP contribution in [-0.4, -0.2) is 49.2 Å². The number of esters is 1. The molecule has 1 N–H and O–H groups in total. The molecule has 0 heterocycles. The van der Waals surface area contributed by atoms with E-state index in [4.69, 9.17) is 4.74 Å². The molecule has 0 saturated heterocycles. The second-order valence-corrected chi connectivity index (χ2v) is 4.07. The van der Waals surface area contributed by atoms with E-state index < -0.39 is 0 Å². The topological polar surface area (TPSA) is 76.1 Å². The van der Waals surface area contributed by atoms with E-state index in [-0.39, 0.29) is 41.9 Å². The van der Waals surface area contributed by atoms with Gasteiger partial charge >= 0.3 is 5.97 Å². The summed E-state index contributed by atoms with van der Waals surface area (Å²) in [4.78, 5) is 24.9. The fourth-order valence-electron chi connectivity index (χ4n) is 1.76. The summed E-state index contributed by atoms with van der Waals surface area (Å²) < 4.78 is 9.51. The second-order valence-electron chi connectivity index (χ2n) is 4.07. The molecule has 0 aliphatic carbocycles. The predicted octanol–water partition coefficient (Wildman–Crippen LogP) is 1.43. The van der Waals surface area contributed by atoms with Crippen LogP contribution in [0.15, 0.2) is 18.2 Å². The van der Waals surface area contributed by atoms with Crippen molar-refractivity contribution in [3.8, 4) is 11.5 Å². The Hall–Kier alpha value is -2.24. The van der Waals surface area contributed by atoms with Crippen molar-refractivity contribution in [1.82, 2.24) is 4.90 Å². The minimum absolute atomic E-state index is 0.112. The monoisotopic (exact) mass is 281 g/mol. The maximum atomic E-state index is 12.3. The van der Waals surface area contributed by atoms with Gasteiger partial charge in [0.05, 0.1) is 26.2 Å². The lowest BCUT2D eigenvalue weighted by atomic mass is 10.1. The average Bonchev–Trinajstić information content (AvgIpc) is 2.47. The van der Waals surface area contributed by atoms with E-state index in [0.29, 0.717) is 6.54 Å². The van der Waals surface area contributed by atoms with Crippen LogP contribution in [-0.2, 0) is 9.53 Å². The SMILES string of the molecule is CCN(CCC(=O)OC)C(=O)c1cccc(OC)c1O. The summed E-state index contributed by atoms with van der Waals surface area (Å²) in [6, 6.07) is 4.71. The van der Waals surface area contributed by atoms with Crippen LogP contribution in [0, 0.1) is 0 Å². The highest BCUT2D eigenvalue weighted by Gasteiger charge is 2.20. The molecule has 0 fully saturated rings. The van der Waals surface area contributed by atoms with Gasteiger partial charge in [-0.1, -0.05) is 6.07 Å². The molecule has 0 bridgehead atoms. The molecule has 1 aromatic carbocycles. The number of hydrogen-bond acceptors (Lipinski definition) is 5. The molecule has 1 amide bonds.